The number of nitrogens with one attached hydrogen (secondary N) is 1. The monoisotopic (exact) mass is 281 g/mol. The number of halogens is 1. The Bertz CT molecular complexity index is 598. The summed E-state index contributed by atoms with van der Waals surface area (Å²) in [7, 11) is 3.09. The number of rotatable bonds is 4. The van der Waals surface area contributed by atoms with Gasteiger partial charge in [0.15, 0.2) is 0 Å². The van der Waals surface area contributed by atoms with Gasteiger partial charge < -0.3 is 14.6 Å². The minimum absolute atomic E-state index is 0.129. The highest BCUT2D eigenvalue weighted by atomic mass is 35.5. The van der Waals surface area contributed by atoms with Gasteiger partial charge in [0.05, 0.1) is 12.7 Å². The summed E-state index contributed by atoms with van der Waals surface area (Å²) >= 11 is 5.61. The molecule has 1 heterocycles. The van der Waals surface area contributed by atoms with E-state index < -0.39 is 0 Å². The van der Waals surface area contributed by atoms with Crippen LogP contribution in [0.25, 0.3) is 11.4 Å². The molecule has 0 bridgehead atoms. The van der Waals surface area contributed by atoms with Gasteiger partial charge in [-0.2, -0.15) is 4.98 Å². The highest BCUT2D eigenvalue weighted by Gasteiger charge is 2.15. The minimum atomic E-state index is -0.204. The summed E-state index contributed by atoms with van der Waals surface area (Å²) < 4.78 is 10.2. The van der Waals surface area contributed by atoms with E-state index in [0.29, 0.717) is 28.6 Å². The Morgan fingerprint density at radius 3 is 2.89 bits per heavy atom. The zero-order valence-electron chi connectivity index (χ0n) is 10.4. The lowest BCUT2D eigenvalue weighted by molar-refractivity contribution is 0.0963. The van der Waals surface area contributed by atoms with Crippen molar-refractivity contribution in [2.24, 2.45) is 0 Å². The second-order valence-corrected chi connectivity index (χ2v) is 3.91. The Morgan fingerprint density at radius 1 is 1.53 bits per heavy atom. The highest BCUT2D eigenvalue weighted by Crippen LogP contribution is 2.29. The van der Waals surface area contributed by atoms with Crippen LogP contribution in [0.15, 0.2) is 22.7 Å². The number of nitrogens with zero attached hydrogens (tertiary/aromatic N) is 2. The molecule has 0 radical (unpaired) electrons. The average molecular weight is 282 g/mol. The van der Waals surface area contributed by atoms with Crippen LogP contribution in [0.3, 0.4) is 0 Å². The van der Waals surface area contributed by atoms with Gasteiger partial charge in [-0.3, -0.25) is 4.79 Å². The number of carbonyl (C=O) groups is 1. The van der Waals surface area contributed by atoms with Crippen LogP contribution in [-0.2, 0) is 5.88 Å². The molecule has 1 aromatic carbocycles. The lowest BCUT2D eigenvalue weighted by Crippen LogP contribution is -2.17. The van der Waals surface area contributed by atoms with Crippen molar-refractivity contribution in [3.8, 4) is 17.1 Å². The predicted octanol–water partition coefficient (Wildman–Crippen LogP) is 1.84. The lowest BCUT2D eigenvalue weighted by Gasteiger charge is -2.07. The largest absolute Gasteiger partial charge is 0.496 e. The van der Waals surface area contributed by atoms with Gasteiger partial charge in [-0.05, 0) is 18.2 Å². The van der Waals surface area contributed by atoms with Crippen LogP contribution in [0.1, 0.15) is 16.2 Å². The van der Waals surface area contributed by atoms with Crippen LogP contribution in [0.2, 0.25) is 0 Å². The van der Waals surface area contributed by atoms with Crippen molar-refractivity contribution < 1.29 is 14.1 Å². The topological polar surface area (TPSA) is 77.2 Å². The van der Waals surface area contributed by atoms with E-state index in [1.807, 2.05) is 0 Å². The van der Waals surface area contributed by atoms with Crippen LogP contribution in [0.4, 0.5) is 0 Å². The first-order valence-electron chi connectivity index (χ1n) is 5.48. The quantitative estimate of drug-likeness (QED) is 0.865. The molecule has 6 nitrogen and oxygen atoms in total. The SMILES string of the molecule is CNC(=O)c1ccc(OC)c(-c2noc(CCl)n2)c1. The molecular weight excluding hydrogens is 270 g/mol. The summed E-state index contributed by atoms with van der Waals surface area (Å²) in [6.45, 7) is 0. The average Bonchev–Trinajstić information content (AvgIpc) is 2.94. The molecule has 1 N–H and O–H groups in total. The Kier molecular flexibility index (Phi) is 4.01. The molecule has 0 spiro atoms. The number of carbonyl (C=O) groups excluding carboxylic acids is 1. The molecule has 0 fully saturated rings. The smallest absolute Gasteiger partial charge is 0.251 e. The van der Waals surface area contributed by atoms with E-state index in [2.05, 4.69) is 15.5 Å². The van der Waals surface area contributed by atoms with Crippen molar-refractivity contribution in [2.75, 3.05) is 14.2 Å². The van der Waals surface area contributed by atoms with Crippen LogP contribution >= 0.6 is 11.6 Å². The zero-order valence-corrected chi connectivity index (χ0v) is 11.2. The summed E-state index contributed by atoms with van der Waals surface area (Å²) in [5.74, 6) is 1.12. The first kappa shape index (κ1) is 13.4. The predicted molar refractivity (Wildman–Crippen MR) is 69.2 cm³/mol. The van der Waals surface area contributed by atoms with Crippen LogP contribution in [0, 0.1) is 0 Å². The molecule has 2 rings (SSSR count). The summed E-state index contributed by atoms with van der Waals surface area (Å²) in [6.07, 6.45) is 0. The Balaban J connectivity index is 2.49. The number of methoxy groups -OCH3 is 1. The van der Waals surface area contributed by atoms with Gasteiger partial charge in [0, 0.05) is 12.6 Å². The molecule has 0 aliphatic carbocycles. The highest BCUT2D eigenvalue weighted by molar-refractivity contribution is 6.16. The normalized spacial score (nSPS) is 10.3. The van der Waals surface area contributed by atoms with E-state index in [9.17, 15) is 4.79 Å². The number of ether oxygens (including phenoxy) is 1. The van der Waals surface area contributed by atoms with Crippen LogP contribution in [-0.4, -0.2) is 30.2 Å². The fourth-order valence-electron chi connectivity index (χ4n) is 1.59. The second kappa shape index (κ2) is 5.71. The van der Waals surface area contributed by atoms with Crippen molar-refractivity contribution in [3.63, 3.8) is 0 Å². The molecule has 0 saturated carbocycles. The van der Waals surface area contributed by atoms with E-state index in [0.717, 1.165) is 0 Å². The van der Waals surface area contributed by atoms with Gasteiger partial charge in [0.1, 0.15) is 11.6 Å². The molecule has 19 heavy (non-hydrogen) atoms. The molecule has 0 aliphatic heterocycles. The standard InChI is InChI=1S/C12H12ClN3O3/c1-14-12(17)7-3-4-9(18-2)8(5-7)11-15-10(6-13)19-16-11/h3-5H,6H2,1-2H3,(H,14,17). The number of amides is 1. The van der Waals surface area contributed by atoms with E-state index in [1.54, 1.807) is 25.2 Å². The van der Waals surface area contributed by atoms with Gasteiger partial charge in [-0.25, -0.2) is 0 Å². The molecule has 2 aromatic rings. The van der Waals surface area contributed by atoms with E-state index in [4.69, 9.17) is 20.9 Å². The van der Waals surface area contributed by atoms with Gasteiger partial charge in [0.2, 0.25) is 11.7 Å². The summed E-state index contributed by atoms with van der Waals surface area (Å²) in [5.41, 5.74) is 1.05. The molecule has 100 valence electrons. The maximum absolute atomic E-state index is 11.6. The molecule has 0 unspecified atom stereocenters. The molecular formula is C12H12ClN3O3. The number of hydrogen-bond acceptors (Lipinski definition) is 5. The van der Waals surface area contributed by atoms with Crippen LogP contribution in [0.5, 0.6) is 5.75 Å². The molecule has 0 saturated heterocycles. The molecule has 1 amide bonds. The number of hydrogen-bond donors (Lipinski definition) is 1. The maximum Gasteiger partial charge on any atom is 0.251 e. The Labute approximate surface area is 114 Å². The van der Waals surface area contributed by atoms with Gasteiger partial charge in [0.25, 0.3) is 5.91 Å². The molecule has 0 aliphatic rings. The number of aromatic nitrogens is 2. The Hall–Kier alpha value is -2.08. The number of alkyl halides is 1. The van der Waals surface area contributed by atoms with Crippen molar-refractivity contribution in [1.29, 1.82) is 0 Å². The van der Waals surface area contributed by atoms with Gasteiger partial charge >= 0.3 is 0 Å². The molecule has 1 aromatic heterocycles. The fourth-order valence-corrected chi connectivity index (χ4v) is 1.70. The third kappa shape index (κ3) is 2.68. The fraction of sp³-hybridized carbons (Fsp3) is 0.250. The van der Waals surface area contributed by atoms with Gasteiger partial charge in [-0.15, -0.1) is 11.6 Å². The summed E-state index contributed by atoms with van der Waals surface area (Å²) in [5, 5.41) is 6.36. The third-order valence-electron chi connectivity index (χ3n) is 2.51. The number of benzene rings is 1. The zero-order chi connectivity index (χ0) is 13.8. The molecule has 7 heteroatoms. The lowest BCUT2D eigenvalue weighted by atomic mass is 10.1. The first-order chi connectivity index (χ1) is 9.19. The van der Waals surface area contributed by atoms with Gasteiger partial charge in [-0.1, -0.05) is 5.16 Å². The van der Waals surface area contributed by atoms with E-state index >= 15 is 0 Å². The third-order valence-corrected chi connectivity index (χ3v) is 2.74. The van der Waals surface area contributed by atoms with E-state index in [-0.39, 0.29) is 11.8 Å². The molecule has 0 atom stereocenters. The van der Waals surface area contributed by atoms with Crippen molar-refractivity contribution >= 4 is 17.5 Å². The Morgan fingerprint density at radius 2 is 2.32 bits per heavy atom. The van der Waals surface area contributed by atoms with Crippen molar-refractivity contribution in [1.82, 2.24) is 15.5 Å². The summed E-state index contributed by atoms with van der Waals surface area (Å²) in [6, 6.07) is 4.97. The minimum Gasteiger partial charge on any atom is -0.496 e. The first-order valence-corrected chi connectivity index (χ1v) is 6.02. The van der Waals surface area contributed by atoms with E-state index in [1.165, 1.54) is 7.11 Å². The van der Waals surface area contributed by atoms with Crippen molar-refractivity contribution in [2.45, 2.75) is 5.88 Å². The summed E-state index contributed by atoms with van der Waals surface area (Å²) in [4.78, 5) is 15.7. The maximum atomic E-state index is 11.6. The second-order valence-electron chi connectivity index (χ2n) is 3.64. The van der Waals surface area contributed by atoms with Crippen LogP contribution < -0.4 is 10.1 Å². The van der Waals surface area contributed by atoms with Crippen molar-refractivity contribution in [3.05, 3.63) is 29.7 Å².